The molecule has 0 atom stereocenters. The topological polar surface area (TPSA) is 81.5 Å². The van der Waals surface area contributed by atoms with E-state index in [1.54, 1.807) is 17.0 Å². The van der Waals surface area contributed by atoms with Crippen LogP contribution in [0.3, 0.4) is 0 Å². The fraction of sp³-hybridized carbons (Fsp3) is 0.600. The molecule has 0 saturated carbocycles. The molecule has 0 aliphatic carbocycles. The number of piperazine rings is 1. The van der Waals surface area contributed by atoms with Crippen LogP contribution in [0.4, 0.5) is 0 Å². The van der Waals surface area contributed by atoms with Crippen LogP contribution in [0.1, 0.15) is 57.4 Å². The molecule has 6 nitrogen and oxygen atoms in total. The molecule has 0 spiro atoms. The molecular formula is C20H29N3O3S. The third-order valence-electron chi connectivity index (χ3n) is 4.96. The summed E-state index contributed by atoms with van der Waals surface area (Å²) in [7, 11) is -3.71. The van der Waals surface area contributed by atoms with Crippen LogP contribution in [0.5, 0.6) is 0 Å². The molecule has 1 aromatic rings. The van der Waals surface area contributed by atoms with Crippen molar-refractivity contribution in [3.63, 3.8) is 0 Å². The summed E-state index contributed by atoms with van der Waals surface area (Å²) in [5, 5.41) is 9.16. The first-order valence-electron chi connectivity index (χ1n) is 9.77. The van der Waals surface area contributed by atoms with E-state index in [4.69, 9.17) is 5.26 Å². The van der Waals surface area contributed by atoms with Gasteiger partial charge in [0.1, 0.15) is 6.07 Å². The Kier molecular flexibility index (Phi) is 8.26. The lowest BCUT2D eigenvalue weighted by molar-refractivity contribution is -0.132. The first-order valence-corrected chi connectivity index (χ1v) is 11.2. The smallest absolute Gasteiger partial charge is 0.244 e. The van der Waals surface area contributed by atoms with Crippen molar-refractivity contribution < 1.29 is 13.2 Å². The van der Waals surface area contributed by atoms with Crippen molar-refractivity contribution in [1.82, 2.24) is 9.21 Å². The van der Waals surface area contributed by atoms with Gasteiger partial charge in [-0.2, -0.15) is 9.57 Å². The molecule has 2 rings (SSSR count). The molecule has 1 heterocycles. The maximum Gasteiger partial charge on any atom is 0.244 e. The molecule has 27 heavy (non-hydrogen) atoms. The maximum atomic E-state index is 12.8. The fourth-order valence-corrected chi connectivity index (χ4v) is 4.88. The van der Waals surface area contributed by atoms with E-state index in [0.29, 0.717) is 19.5 Å². The summed E-state index contributed by atoms with van der Waals surface area (Å²) in [6, 6.07) is 8.18. The summed E-state index contributed by atoms with van der Waals surface area (Å²) in [5.74, 6) is 0.111. The standard InChI is InChI=1S/C20H29N3O3S/c1-2-3-4-5-6-7-12-20(24)22-13-15-23(16-14-22)27(25,26)19-11-9-8-10-18(19)17-21/h8-11H,2-7,12-16H2,1H3. The number of nitrogens with zero attached hydrogens (tertiary/aromatic N) is 3. The van der Waals surface area contributed by atoms with Crippen LogP contribution in [0.15, 0.2) is 29.2 Å². The van der Waals surface area contributed by atoms with Crippen LogP contribution < -0.4 is 0 Å². The third kappa shape index (κ3) is 5.78. The number of nitriles is 1. The predicted octanol–water partition coefficient (Wildman–Crippen LogP) is 3.14. The molecule has 7 heteroatoms. The number of benzene rings is 1. The lowest BCUT2D eigenvalue weighted by Gasteiger charge is -2.34. The van der Waals surface area contributed by atoms with E-state index >= 15 is 0 Å². The van der Waals surface area contributed by atoms with Crippen LogP contribution in [0.2, 0.25) is 0 Å². The number of rotatable bonds is 9. The van der Waals surface area contributed by atoms with Gasteiger partial charge in [0.2, 0.25) is 15.9 Å². The Labute approximate surface area is 162 Å². The van der Waals surface area contributed by atoms with Gasteiger partial charge in [-0.15, -0.1) is 0 Å². The minimum atomic E-state index is -3.71. The van der Waals surface area contributed by atoms with Crippen LogP contribution >= 0.6 is 0 Å². The van der Waals surface area contributed by atoms with Gasteiger partial charge >= 0.3 is 0 Å². The van der Waals surface area contributed by atoms with E-state index in [-0.39, 0.29) is 29.5 Å². The number of carbonyl (C=O) groups excluding carboxylic acids is 1. The largest absolute Gasteiger partial charge is 0.340 e. The summed E-state index contributed by atoms with van der Waals surface area (Å²) in [6.07, 6.45) is 7.37. The summed E-state index contributed by atoms with van der Waals surface area (Å²) in [4.78, 5) is 14.1. The molecule has 1 fully saturated rings. The minimum absolute atomic E-state index is 0.0411. The van der Waals surface area contributed by atoms with Crippen LogP contribution in [-0.4, -0.2) is 49.7 Å². The van der Waals surface area contributed by atoms with Gasteiger partial charge in [-0.25, -0.2) is 8.42 Å². The van der Waals surface area contributed by atoms with E-state index in [0.717, 1.165) is 12.8 Å². The molecule has 0 unspecified atom stereocenters. The van der Waals surface area contributed by atoms with Crippen molar-refractivity contribution in [2.24, 2.45) is 0 Å². The second-order valence-corrected chi connectivity index (χ2v) is 8.82. The second kappa shape index (κ2) is 10.4. The van der Waals surface area contributed by atoms with Crippen molar-refractivity contribution >= 4 is 15.9 Å². The highest BCUT2D eigenvalue weighted by atomic mass is 32.2. The number of amides is 1. The minimum Gasteiger partial charge on any atom is -0.340 e. The first kappa shape index (κ1) is 21.4. The number of unbranched alkanes of at least 4 members (excludes halogenated alkanes) is 5. The molecule has 1 amide bonds. The normalized spacial score (nSPS) is 15.5. The SMILES string of the molecule is CCCCCCCCC(=O)N1CCN(S(=O)(=O)c2ccccc2C#N)CC1. The summed E-state index contributed by atoms with van der Waals surface area (Å²) in [5.41, 5.74) is 0.152. The number of hydrogen-bond donors (Lipinski definition) is 0. The zero-order chi connectivity index (χ0) is 19.7. The Morgan fingerprint density at radius 1 is 1.04 bits per heavy atom. The lowest BCUT2D eigenvalue weighted by atomic mass is 10.1. The van der Waals surface area contributed by atoms with Gasteiger partial charge in [-0.3, -0.25) is 4.79 Å². The highest BCUT2D eigenvalue weighted by Crippen LogP contribution is 2.21. The average molecular weight is 392 g/mol. The van der Waals surface area contributed by atoms with Crippen molar-refractivity contribution in [3.05, 3.63) is 29.8 Å². The van der Waals surface area contributed by atoms with Gasteiger partial charge in [0.15, 0.2) is 0 Å². The Bertz CT molecular complexity index is 763. The highest BCUT2D eigenvalue weighted by molar-refractivity contribution is 7.89. The molecule has 148 valence electrons. The second-order valence-electron chi connectivity index (χ2n) is 6.91. The van der Waals surface area contributed by atoms with Crippen molar-refractivity contribution in [2.75, 3.05) is 26.2 Å². The van der Waals surface area contributed by atoms with E-state index in [9.17, 15) is 13.2 Å². The van der Waals surface area contributed by atoms with E-state index < -0.39 is 10.0 Å². The third-order valence-corrected chi connectivity index (χ3v) is 6.92. The Balaban J connectivity index is 1.84. The summed E-state index contributed by atoms with van der Waals surface area (Å²) < 4.78 is 27.0. The molecule has 1 aliphatic heterocycles. The fourth-order valence-electron chi connectivity index (χ4n) is 3.32. The van der Waals surface area contributed by atoms with Crippen molar-refractivity contribution in [3.8, 4) is 6.07 Å². The number of hydrogen-bond acceptors (Lipinski definition) is 4. The lowest BCUT2D eigenvalue weighted by Crippen LogP contribution is -2.50. The van der Waals surface area contributed by atoms with Crippen LogP contribution in [-0.2, 0) is 14.8 Å². The molecular weight excluding hydrogens is 362 g/mol. The zero-order valence-corrected chi connectivity index (χ0v) is 16.9. The summed E-state index contributed by atoms with van der Waals surface area (Å²) >= 11 is 0. The molecule has 0 aromatic heterocycles. The van der Waals surface area contributed by atoms with Gasteiger partial charge in [-0.05, 0) is 18.6 Å². The molecule has 0 N–H and O–H groups in total. The molecule has 1 aromatic carbocycles. The van der Waals surface area contributed by atoms with E-state index in [2.05, 4.69) is 6.92 Å². The van der Waals surface area contributed by atoms with Gasteiger partial charge in [0, 0.05) is 32.6 Å². The van der Waals surface area contributed by atoms with Gasteiger partial charge in [-0.1, -0.05) is 51.2 Å². The highest BCUT2D eigenvalue weighted by Gasteiger charge is 2.31. The van der Waals surface area contributed by atoms with E-state index in [1.807, 2.05) is 6.07 Å². The molecule has 1 aliphatic rings. The number of carbonyl (C=O) groups is 1. The molecule has 1 saturated heterocycles. The molecule has 0 radical (unpaired) electrons. The van der Waals surface area contributed by atoms with Crippen LogP contribution in [0, 0.1) is 11.3 Å². The average Bonchev–Trinajstić information content (AvgIpc) is 2.70. The van der Waals surface area contributed by atoms with Gasteiger partial charge in [0.05, 0.1) is 10.5 Å². The Morgan fingerprint density at radius 2 is 1.67 bits per heavy atom. The van der Waals surface area contributed by atoms with E-state index in [1.165, 1.54) is 42.1 Å². The predicted molar refractivity (Wildman–Crippen MR) is 104 cm³/mol. The Hall–Kier alpha value is -1.91. The zero-order valence-electron chi connectivity index (χ0n) is 16.1. The van der Waals surface area contributed by atoms with Crippen LogP contribution in [0.25, 0.3) is 0 Å². The summed E-state index contributed by atoms with van der Waals surface area (Å²) in [6.45, 7) is 3.53. The van der Waals surface area contributed by atoms with Gasteiger partial charge in [0.25, 0.3) is 0 Å². The first-order chi connectivity index (χ1) is 13.0. The Morgan fingerprint density at radius 3 is 2.33 bits per heavy atom. The maximum absolute atomic E-state index is 12.8. The quantitative estimate of drug-likeness (QED) is 0.606. The molecule has 0 bridgehead atoms. The van der Waals surface area contributed by atoms with Gasteiger partial charge < -0.3 is 4.90 Å². The monoisotopic (exact) mass is 391 g/mol. The van der Waals surface area contributed by atoms with Crippen molar-refractivity contribution in [1.29, 1.82) is 5.26 Å². The van der Waals surface area contributed by atoms with Crippen molar-refractivity contribution in [2.45, 2.75) is 56.8 Å². The number of sulfonamides is 1.